The van der Waals surface area contributed by atoms with Crippen LogP contribution in [0.25, 0.3) is 0 Å². The van der Waals surface area contributed by atoms with E-state index in [1.807, 2.05) is 0 Å². The summed E-state index contributed by atoms with van der Waals surface area (Å²) in [5.74, 6) is 0. The number of rotatable bonds is 5. The van der Waals surface area contributed by atoms with Crippen molar-refractivity contribution < 1.29 is 0 Å². The molecule has 2 heteroatoms. The second kappa shape index (κ2) is 6.58. The highest BCUT2D eigenvalue weighted by Crippen LogP contribution is 2.30. The van der Waals surface area contributed by atoms with E-state index >= 15 is 0 Å². The first-order valence-electron chi connectivity index (χ1n) is 7.13. The molecule has 20 heavy (non-hydrogen) atoms. The molecule has 0 aliphatic carbocycles. The number of benzene rings is 2. The van der Waals surface area contributed by atoms with Crippen molar-refractivity contribution >= 4 is 11.4 Å². The molecule has 2 rings (SSSR count). The van der Waals surface area contributed by atoms with Crippen LogP contribution >= 0.6 is 0 Å². The van der Waals surface area contributed by atoms with E-state index in [2.05, 4.69) is 86.3 Å². The Kier molecular flexibility index (Phi) is 4.80. The minimum atomic E-state index is 0.989. The van der Waals surface area contributed by atoms with E-state index in [1.54, 1.807) is 0 Å². The summed E-state index contributed by atoms with van der Waals surface area (Å²) in [4.78, 5) is 4.65. The summed E-state index contributed by atoms with van der Waals surface area (Å²) in [7, 11) is 4.24. The normalized spacial score (nSPS) is 10.8. The third-order valence-corrected chi connectivity index (χ3v) is 3.58. The summed E-state index contributed by atoms with van der Waals surface area (Å²) in [6.07, 6.45) is 0. The maximum Gasteiger partial charge on any atom is 0.0440 e. The molecule has 0 atom stereocenters. The second-order valence-electron chi connectivity index (χ2n) is 5.53. The smallest absolute Gasteiger partial charge is 0.0440 e. The van der Waals surface area contributed by atoms with Crippen LogP contribution in [0.2, 0.25) is 0 Å². The van der Waals surface area contributed by atoms with Gasteiger partial charge >= 0.3 is 0 Å². The van der Waals surface area contributed by atoms with E-state index in [-0.39, 0.29) is 0 Å². The number of nitrogens with zero attached hydrogens (tertiary/aromatic N) is 2. The largest absolute Gasteiger partial charge is 0.340 e. The van der Waals surface area contributed by atoms with E-state index in [4.69, 9.17) is 0 Å². The first-order chi connectivity index (χ1) is 9.59. The third-order valence-electron chi connectivity index (χ3n) is 3.58. The van der Waals surface area contributed by atoms with Crippen LogP contribution < -0.4 is 4.90 Å². The number of hydrogen-bond acceptors (Lipinski definition) is 2. The average Bonchev–Trinajstić information content (AvgIpc) is 2.42. The van der Waals surface area contributed by atoms with Crippen molar-refractivity contribution in [2.45, 2.75) is 13.8 Å². The zero-order chi connectivity index (χ0) is 14.5. The molecule has 0 radical (unpaired) electrons. The third kappa shape index (κ3) is 3.40. The fourth-order valence-corrected chi connectivity index (χ4v) is 2.40. The van der Waals surface area contributed by atoms with Gasteiger partial charge in [0.05, 0.1) is 0 Å². The quantitative estimate of drug-likeness (QED) is 0.808. The van der Waals surface area contributed by atoms with Gasteiger partial charge in [-0.3, -0.25) is 0 Å². The predicted octanol–water partition coefficient (Wildman–Crippen LogP) is 4.00. The van der Waals surface area contributed by atoms with Crippen LogP contribution in [-0.4, -0.2) is 32.1 Å². The van der Waals surface area contributed by atoms with Crippen molar-refractivity contribution in [3.63, 3.8) is 0 Å². The Balaban J connectivity index is 2.40. The monoisotopic (exact) mass is 268 g/mol. The van der Waals surface area contributed by atoms with Crippen molar-refractivity contribution in [3.05, 3.63) is 59.7 Å². The van der Waals surface area contributed by atoms with Gasteiger partial charge in [0.15, 0.2) is 0 Å². The highest BCUT2D eigenvalue weighted by Gasteiger charge is 2.13. The molecule has 2 nitrogen and oxygen atoms in total. The van der Waals surface area contributed by atoms with Gasteiger partial charge in [0.25, 0.3) is 0 Å². The van der Waals surface area contributed by atoms with Gasteiger partial charge in [-0.25, -0.2) is 0 Å². The van der Waals surface area contributed by atoms with Gasteiger partial charge in [-0.15, -0.1) is 0 Å². The Labute approximate surface area is 122 Å². The van der Waals surface area contributed by atoms with Gasteiger partial charge < -0.3 is 9.80 Å². The molecule has 0 bridgehead atoms. The summed E-state index contributed by atoms with van der Waals surface area (Å²) in [6, 6.07) is 17.2. The van der Waals surface area contributed by atoms with Crippen molar-refractivity contribution in [1.82, 2.24) is 4.90 Å². The fourth-order valence-electron chi connectivity index (χ4n) is 2.40. The molecule has 0 heterocycles. The van der Waals surface area contributed by atoms with Gasteiger partial charge in [-0.05, 0) is 51.2 Å². The number of anilines is 2. The highest BCUT2D eigenvalue weighted by molar-refractivity contribution is 5.68. The van der Waals surface area contributed by atoms with E-state index in [0.717, 1.165) is 13.1 Å². The number of hydrogen-bond donors (Lipinski definition) is 0. The number of para-hydroxylation sites is 2. The maximum atomic E-state index is 2.42. The molecule has 0 unspecified atom stereocenters. The standard InChI is InChI=1S/C18H24N2/c1-15-9-5-7-11-17(15)20(14-13-19(3)4)18-12-8-6-10-16(18)2/h5-12H,13-14H2,1-4H3. The first-order valence-corrected chi connectivity index (χ1v) is 7.13. The lowest BCUT2D eigenvalue weighted by atomic mass is 10.1. The van der Waals surface area contributed by atoms with Crippen molar-refractivity contribution in [3.8, 4) is 0 Å². The van der Waals surface area contributed by atoms with Crippen LogP contribution in [0.1, 0.15) is 11.1 Å². The van der Waals surface area contributed by atoms with Gasteiger partial charge in [0.2, 0.25) is 0 Å². The summed E-state index contributed by atoms with van der Waals surface area (Å²) in [5, 5.41) is 0. The van der Waals surface area contributed by atoms with Crippen LogP contribution in [0.4, 0.5) is 11.4 Å². The average molecular weight is 268 g/mol. The second-order valence-corrected chi connectivity index (χ2v) is 5.53. The van der Waals surface area contributed by atoms with Crippen LogP contribution in [0.5, 0.6) is 0 Å². The van der Waals surface area contributed by atoms with E-state index in [1.165, 1.54) is 22.5 Å². The summed E-state index contributed by atoms with van der Waals surface area (Å²) in [5.41, 5.74) is 5.22. The highest BCUT2D eigenvalue weighted by atomic mass is 15.2. The molecule has 0 spiro atoms. The Morgan fingerprint density at radius 2 is 1.15 bits per heavy atom. The minimum Gasteiger partial charge on any atom is -0.340 e. The summed E-state index contributed by atoms with van der Waals surface area (Å²) in [6.45, 7) is 6.37. The zero-order valence-corrected chi connectivity index (χ0v) is 12.9. The van der Waals surface area contributed by atoms with E-state index in [0.29, 0.717) is 0 Å². The summed E-state index contributed by atoms with van der Waals surface area (Å²) < 4.78 is 0. The lowest BCUT2D eigenvalue weighted by molar-refractivity contribution is 0.418. The molecule has 0 aliphatic heterocycles. The first kappa shape index (κ1) is 14.6. The Morgan fingerprint density at radius 3 is 1.55 bits per heavy atom. The van der Waals surface area contributed by atoms with Crippen LogP contribution in [-0.2, 0) is 0 Å². The van der Waals surface area contributed by atoms with Crippen LogP contribution in [0, 0.1) is 13.8 Å². The predicted molar refractivity (Wildman–Crippen MR) is 87.9 cm³/mol. The number of aryl methyl sites for hydroxylation is 2. The molecule has 0 saturated heterocycles. The molecule has 0 fully saturated rings. The molecule has 0 aromatic heterocycles. The SMILES string of the molecule is Cc1ccccc1N(CCN(C)C)c1ccccc1C. The molecule has 0 saturated carbocycles. The minimum absolute atomic E-state index is 0.989. The lowest BCUT2D eigenvalue weighted by Crippen LogP contribution is -2.29. The summed E-state index contributed by atoms with van der Waals surface area (Å²) >= 11 is 0. The molecule has 106 valence electrons. The van der Waals surface area contributed by atoms with Crippen molar-refractivity contribution in [2.75, 3.05) is 32.1 Å². The fraction of sp³-hybridized carbons (Fsp3) is 0.333. The molecule has 2 aromatic rings. The topological polar surface area (TPSA) is 6.48 Å². The Hall–Kier alpha value is -1.80. The number of likely N-dealkylation sites (N-methyl/N-ethyl adjacent to an activating group) is 1. The van der Waals surface area contributed by atoms with Gasteiger partial charge in [0.1, 0.15) is 0 Å². The van der Waals surface area contributed by atoms with Gasteiger partial charge in [0, 0.05) is 24.5 Å². The zero-order valence-electron chi connectivity index (χ0n) is 12.9. The van der Waals surface area contributed by atoms with Crippen LogP contribution in [0.15, 0.2) is 48.5 Å². The van der Waals surface area contributed by atoms with Gasteiger partial charge in [-0.2, -0.15) is 0 Å². The molecular weight excluding hydrogens is 244 g/mol. The molecule has 2 aromatic carbocycles. The molecular formula is C18H24N2. The van der Waals surface area contributed by atoms with E-state index in [9.17, 15) is 0 Å². The molecule has 0 N–H and O–H groups in total. The van der Waals surface area contributed by atoms with Gasteiger partial charge in [-0.1, -0.05) is 36.4 Å². The maximum absolute atomic E-state index is 2.42. The molecule has 0 amide bonds. The van der Waals surface area contributed by atoms with Crippen molar-refractivity contribution in [2.24, 2.45) is 0 Å². The van der Waals surface area contributed by atoms with E-state index < -0.39 is 0 Å². The molecule has 0 aliphatic rings. The Bertz CT molecular complexity index is 515. The Morgan fingerprint density at radius 1 is 0.700 bits per heavy atom. The van der Waals surface area contributed by atoms with Crippen LogP contribution in [0.3, 0.4) is 0 Å². The lowest BCUT2D eigenvalue weighted by Gasteiger charge is -2.29. The van der Waals surface area contributed by atoms with Crippen molar-refractivity contribution in [1.29, 1.82) is 0 Å².